The maximum Gasteiger partial charge on any atom is 0.264 e. The average Bonchev–Trinajstić information content (AvgIpc) is 2.82. The normalized spacial score (nSPS) is 15.3. The van der Waals surface area contributed by atoms with Gasteiger partial charge < -0.3 is 10.1 Å². The van der Waals surface area contributed by atoms with Crippen LogP contribution >= 0.6 is 23.2 Å². The molecule has 0 spiro atoms. The lowest BCUT2D eigenvalue weighted by atomic mass is 9.87. The number of methoxy groups -OCH3 is 1. The highest BCUT2D eigenvalue weighted by molar-refractivity contribution is 7.92. The third kappa shape index (κ3) is 5.32. The van der Waals surface area contributed by atoms with Gasteiger partial charge in [0, 0.05) is 10.0 Å². The van der Waals surface area contributed by atoms with Gasteiger partial charge in [-0.3, -0.25) is 9.10 Å². The maximum absolute atomic E-state index is 13.5. The van der Waals surface area contributed by atoms with Gasteiger partial charge in [-0.2, -0.15) is 0 Å². The lowest BCUT2D eigenvalue weighted by molar-refractivity contribution is -0.120. The quantitative estimate of drug-likeness (QED) is 0.454. The first kappa shape index (κ1) is 24.4. The molecule has 0 bridgehead atoms. The molecule has 3 aromatic rings. The number of anilines is 1. The van der Waals surface area contributed by atoms with Gasteiger partial charge in [-0.25, -0.2) is 8.42 Å². The van der Waals surface area contributed by atoms with Crippen molar-refractivity contribution < 1.29 is 17.9 Å². The summed E-state index contributed by atoms with van der Waals surface area (Å²) in [5.74, 6) is 0.359. The number of ether oxygens (including phenoxy) is 1. The van der Waals surface area contributed by atoms with E-state index < -0.39 is 22.5 Å². The maximum atomic E-state index is 13.5. The Balaban J connectivity index is 1.61. The molecule has 9 heteroatoms. The summed E-state index contributed by atoms with van der Waals surface area (Å²) in [6.07, 6.45) is 2.58. The first-order chi connectivity index (χ1) is 16.3. The molecule has 0 saturated heterocycles. The number of benzene rings is 3. The van der Waals surface area contributed by atoms with Crippen molar-refractivity contribution in [2.75, 3.05) is 18.0 Å². The number of aryl methyl sites for hydroxylation is 1. The van der Waals surface area contributed by atoms with Gasteiger partial charge in [-0.1, -0.05) is 35.3 Å². The van der Waals surface area contributed by atoms with Crippen molar-refractivity contribution in [3.63, 3.8) is 0 Å². The SMILES string of the molecule is COc1ccc2c(c1)CCCC2NC(=O)CN(c1cccc(Cl)c1)S(=O)(=O)c1ccc(Cl)cc1. The molecule has 1 aliphatic rings. The monoisotopic (exact) mass is 518 g/mol. The van der Waals surface area contributed by atoms with E-state index in [4.69, 9.17) is 27.9 Å². The summed E-state index contributed by atoms with van der Waals surface area (Å²) in [7, 11) is -2.43. The zero-order valence-corrected chi connectivity index (χ0v) is 20.8. The Bertz CT molecular complexity index is 1300. The highest BCUT2D eigenvalue weighted by Crippen LogP contribution is 2.32. The van der Waals surface area contributed by atoms with E-state index in [9.17, 15) is 13.2 Å². The fourth-order valence-corrected chi connectivity index (χ4v) is 5.84. The second kappa shape index (κ2) is 10.3. The minimum absolute atomic E-state index is 0.0276. The molecule has 0 aromatic heterocycles. The number of hydrogen-bond acceptors (Lipinski definition) is 4. The summed E-state index contributed by atoms with van der Waals surface area (Å²) in [4.78, 5) is 13.2. The molecule has 1 amide bonds. The van der Waals surface area contributed by atoms with E-state index in [2.05, 4.69) is 5.32 Å². The predicted molar refractivity (Wildman–Crippen MR) is 134 cm³/mol. The molecule has 0 radical (unpaired) electrons. The molecule has 0 aliphatic heterocycles. The van der Waals surface area contributed by atoms with Crippen molar-refractivity contribution in [2.24, 2.45) is 0 Å². The first-order valence-electron chi connectivity index (χ1n) is 10.8. The molecule has 0 heterocycles. The number of halogens is 2. The van der Waals surface area contributed by atoms with E-state index >= 15 is 0 Å². The second-order valence-corrected chi connectivity index (χ2v) is 10.8. The fraction of sp³-hybridized carbons (Fsp3) is 0.240. The van der Waals surface area contributed by atoms with Crippen molar-refractivity contribution >= 4 is 44.8 Å². The van der Waals surface area contributed by atoms with Crippen LogP contribution in [-0.2, 0) is 21.2 Å². The van der Waals surface area contributed by atoms with Crippen LogP contribution < -0.4 is 14.4 Å². The second-order valence-electron chi connectivity index (χ2n) is 8.02. The summed E-state index contributed by atoms with van der Waals surface area (Å²) in [6.45, 7) is -0.396. The average molecular weight is 519 g/mol. The number of nitrogens with one attached hydrogen (secondary N) is 1. The van der Waals surface area contributed by atoms with Gasteiger partial charge >= 0.3 is 0 Å². The van der Waals surface area contributed by atoms with Crippen LogP contribution in [0.3, 0.4) is 0 Å². The Labute approximate surface area is 209 Å². The number of sulfonamides is 1. The zero-order chi connectivity index (χ0) is 24.3. The molecule has 0 saturated carbocycles. The highest BCUT2D eigenvalue weighted by atomic mass is 35.5. The van der Waals surface area contributed by atoms with Crippen LogP contribution in [0.5, 0.6) is 5.75 Å². The van der Waals surface area contributed by atoms with Crippen LogP contribution in [0.25, 0.3) is 0 Å². The molecule has 6 nitrogen and oxygen atoms in total. The summed E-state index contributed by atoms with van der Waals surface area (Å²) >= 11 is 12.1. The molecule has 178 valence electrons. The number of fused-ring (bicyclic) bond motifs is 1. The van der Waals surface area contributed by atoms with Gasteiger partial charge in [0.25, 0.3) is 10.0 Å². The van der Waals surface area contributed by atoms with Crippen LogP contribution in [0.1, 0.15) is 30.0 Å². The summed E-state index contributed by atoms with van der Waals surface area (Å²) in [5, 5.41) is 3.80. The minimum Gasteiger partial charge on any atom is -0.497 e. The molecular formula is C25H24Cl2N2O4S. The van der Waals surface area contributed by atoms with Gasteiger partial charge in [0.05, 0.1) is 23.7 Å². The fourth-order valence-electron chi connectivity index (χ4n) is 4.12. The van der Waals surface area contributed by atoms with E-state index in [1.54, 1.807) is 25.3 Å². The molecule has 1 unspecified atom stereocenters. The van der Waals surface area contributed by atoms with E-state index in [0.717, 1.165) is 40.4 Å². The van der Waals surface area contributed by atoms with Crippen LogP contribution in [-0.4, -0.2) is 28.0 Å². The van der Waals surface area contributed by atoms with Crippen LogP contribution in [0.15, 0.2) is 71.6 Å². The largest absolute Gasteiger partial charge is 0.497 e. The first-order valence-corrected chi connectivity index (χ1v) is 13.0. The third-order valence-electron chi connectivity index (χ3n) is 5.78. The summed E-state index contributed by atoms with van der Waals surface area (Å²) in [5.41, 5.74) is 2.44. The number of amides is 1. The lowest BCUT2D eigenvalue weighted by Crippen LogP contribution is -2.42. The third-order valence-corrected chi connectivity index (χ3v) is 8.06. The smallest absolute Gasteiger partial charge is 0.264 e. The Morgan fingerprint density at radius 3 is 2.53 bits per heavy atom. The number of carbonyl (C=O) groups is 1. The van der Waals surface area contributed by atoms with Crippen molar-refractivity contribution in [3.05, 3.63) is 87.9 Å². The van der Waals surface area contributed by atoms with Gasteiger partial charge in [0.1, 0.15) is 12.3 Å². The summed E-state index contributed by atoms with van der Waals surface area (Å²) < 4.78 is 33.4. The van der Waals surface area contributed by atoms with E-state index in [0.29, 0.717) is 15.7 Å². The molecule has 3 aromatic carbocycles. The molecule has 0 fully saturated rings. The van der Waals surface area contributed by atoms with Crippen molar-refractivity contribution in [1.82, 2.24) is 5.32 Å². The molecule has 1 N–H and O–H groups in total. The number of hydrogen-bond donors (Lipinski definition) is 1. The van der Waals surface area contributed by atoms with E-state index in [1.807, 2.05) is 18.2 Å². The zero-order valence-electron chi connectivity index (χ0n) is 18.5. The topological polar surface area (TPSA) is 75.7 Å². The lowest BCUT2D eigenvalue weighted by Gasteiger charge is -2.29. The van der Waals surface area contributed by atoms with Gasteiger partial charge in [-0.15, -0.1) is 0 Å². The molecule has 1 aliphatic carbocycles. The van der Waals surface area contributed by atoms with Gasteiger partial charge in [-0.05, 0) is 85.0 Å². The van der Waals surface area contributed by atoms with Crippen molar-refractivity contribution in [2.45, 2.75) is 30.2 Å². The van der Waals surface area contributed by atoms with E-state index in [-0.39, 0.29) is 10.9 Å². The standard InChI is InChI=1S/C25H24Cl2N2O4S/c1-33-21-10-13-23-17(14-21)4-2-7-24(23)28-25(30)16-29(20-6-3-5-19(27)15-20)34(31,32)22-11-8-18(26)9-12-22/h3,5-6,8-15,24H,2,4,7,16H2,1H3,(H,28,30). The number of carbonyl (C=O) groups excluding carboxylic acids is 1. The molecule has 1 atom stereocenters. The Morgan fingerprint density at radius 2 is 1.82 bits per heavy atom. The molecule has 4 rings (SSSR count). The highest BCUT2D eigenvalue weighted by Gasteiger charge is 2.29. The molecule has 34 heavy (non-hydrogen) atoms. The van der Waals surface area contributed by atoms with Crippen LogP contribution in [0.2, 0.25) is 10.0 Å². The van der Waals surface area contributed by atoms with E-state index in [1.165, 1.54) is 30.3 Å². The minimum atomic E-state index is -4.05. The Morgan fingerprint density at radius 1 is 1.06 bits per heavy atom. The molecular weight excluding hydrogens is 495 g/mol. The van der Waals surface area contributed by atoms with Crippen molar-refractivity contribution in [3.8, 4) is 5.75 Å². The van der Waals surface area contributed by atoms with Gasteiger partial charge in [0.2, 0.25) is 5.91 Å². The van der Waals surface area contributed by atoms with Crippen molar-refractivity contribution in [1.29, 1.82) is 0 Å². The number of rotatable bonds is 7. The number of nitrogens with zero attached hydrogens (tertiary/aromatic N) is 1. The van der Waals surface area contributed by atoms with Gasteiger partial charge in [0.15, 0.2) is 0 Å². The van der Waals surface area contributed by atoms with Crippen LogP contribution in [0.4, 0.5) is 5.69 Å². The Hall–Kier alpha value is -2.74. The van der Waals surface area contributed by atoms with Crippen LogP contribution in [0, 0.1) is 0 Å². The predicted octanol–water partition coefficient (Wildman–Crippen LogP) is 5.39. The Kier molecular flexibility index (Phi) is 7.36. The summed E-state index contributed by atoms with van der Waals surface area (Å²) in [6, 6.07) is 17.8.